The maximum Gasteiger partial charge on any atom is 0.221 e. The number of aliphatic hydroxyl groups is 1. The number of nitrogens with one attached hydrogen (secondary N) is 1. The first-order valence-corrected chi connectivity index (χ1v) is 8.32. The van der Waals surface area contributed by atoms with Crippen molar-refractivity contribution in [1.29, 1.82) is 0 Å². The molecule has 0 heterocycles. The lowest BCUT2D eigenvalue weighted by atomic mass is 9.77. The molecule has 0 radical (unpaired) electrons. The molecular weight excluding hydrogens is 278 g/mol. The van der Waals surface area contributed by atoms with Crippen LogP contribution in [0.3, 0.4) is 0 Å². The first-order valence-electron chi connectivity index (χ1n) is 6.67. The Bertz CT molecular complexity index is 559. The summed E-state index contributed by atoms with van der Waals surface area (Å²) in [5.74, 6) is -0.539. The minimum absolute atomic E-state index is 0.0843. The van der Waals surface area contributed by atoms with Gasteiger partial charge >= 0.3 is 0 Å². The van der Waals surface area contributed by atoms with Crippen LogP contribution in [0.25, 0.3) is 0 Å². The molecule has 2 rings (SSSR count). The van der Waals surface area contributed by atoms with Gasteiger partial charge in [-0.1, -0.05) is 18.2 Å². The molecule has 0 bridgehead atoms. The van der Waals surface area contributed by atoms with Gasteiger partial charge in [0, 0.05) is 6.42 Å². The van der Waals surface area contributed by atoms with Crippen molar-refractivity contribution in [3.8, 4) is 0 Å². The fourth-order valence-corrected chi connectivity index (χ4v) is 3.52. The van der Waals surface area contributed by atoms with Crippen LogP contribution in [0.15, 0.2) is 35.2 Å². The van der Waals surface area contributed by atoms with E-state index in [0.717, 1.165) is 19.3 Å². The summed E-state index contributed by atoms with van der Waals surface area (Å²) < 4.78 is 24.1. The van der Waals surface area contributed by atoms with Crippen LogP contribution < -0.4 is 5.32 Å². The number of benzene rings is 1. The summed E-state index contributed by atoms with van der Waals surface area (Å²) in [5, 5.41) is 12.0. The van der Waals surface area contributed by atoms with Crippen molar-refractivity contribution < 1.29 is 18.3 Å². The fourth-order valence-electron chi connectivity index (χ4n) is 2.26. The number of hydrogen-bond donors (Lipinski definition) is 2. The molecule has 1 aromatic rings. The first kappa shape index (κ1) is 15.0. The van der Waals surface area contributed by atoms with Crippen molar-refractivity contribution >= 4 is 15.7 Å². The molecule has 0 aliphatic heterocycles. The lowest BCUT2D eigenvalue weighted by molar-refractivity contribution is -0.124. The van der Waals surface area contributed by atoms with Crippen molar-refractivity contribution in [2.24, 2.45) is 0 Å². The number of aliphatic hydroxyl groups excluding tert-OH is 1. The van der Waals surface area contributed by atoms with E-state index in [-0.39, 0.29) is 29.6 Å². The fraction of sp³-hybridized carbons (Fsp3) is 0.500. The SMILES string of the molecule is O=C(CCS(=O)(=O)c1ccccc1)NC1(CO)CCC1. The summed E-state index contributed by atoms with van der Waals surface area (Å²) in [6.45, 7) is -0.0931. The number of amides is 1. The van der Waals surface area contributed by atoms with Gasteiger partial charge in [0.15, 0.2) is 9.84 Å². The summed E-state index contributed by atoms with van der Waals surface area (Å²) in [7, 11) is -3.43. The summed E-state index contributed by atoms with van der Waals surface area (Å²) in [4.78, 5) is 12.0. The Balaban J connectivity index is 1.90. The topological polar surface area (TPSA) is 83.5 Å². The Morgan fingerprint density at radius 1 is 1.25 bits per heavy atom. The molecule has 0 saturated heterocycles. The Kier molecular flexibility index (Phi) is 4.45. The predicted octanol–water partition coefficient (Wildman–Crippen LogP) is 0.882. The quantitative estimate of drug-likeness (QED) is 0.816. The highest BCUT2D eigenvalue weighted by molar-refractivity contribution is 7.91. The van der Waals surface area contributed by atoms with E-state index in [0.29, 0.717) is 0 Å². The summed E-state index contributed by atoms with van der Waals surface area (Å²) in [5.41, 5.74) is -0.520. The molecule has 110 valence electrons. The van der Waals surface area contributed by atoms with Crippen molar-refractivity contribution in [2.45, 2.75) is 36.1 Å². The van der Waals surface area contributed by atoms with Gasteiger partial charge in [-0.3, -0.25) is 4.79 Å². The third-order valence-electron chi connectivity index (χ3n) is 3.72. The third-order valence-corrected chi connectivity index (χ3v) is 5.45. The van der Waals surface area contributed by atoms with Crippen molar-refractivity contribution in [1.82, 2.24) is 5.32 Å². The van der Waals surface area contributed by atoms with Gasteiger partial charge in [-0.15, -0.1) is 0 Å². The number of carbonyl (C=O) groups excluding carboxylic acids is 1. The molecule has 20 heavy (non-hydrogen) atoms. The summed E-state index contributed by atoms with van der Waals surface area (Å²) in [6, 6.07) is 8.10. The number of hydrogen-bond acceptors (Lipinski definition) is 4. The van der Waals surface area contributed by atoms with Crippen LogP contribution >= 0.6 is 0 Å². The Morgan fingerprint density at radius 3 is 2.40 bits per heavy atom. The molecule has 1 aliphatic rings. The van der Waals surface area contributed by atoms with Crippen molar-refractivity contribution in [3.05, 3.63) is 30.3 Å². The molecule has 5 nitrogen and oxygen atoms in total. The lowest BCUT2D eigenvalue weighted by Crippen LogP contribution is -2.56. The van der Waals surface area contributed by atoms with E-state index in [2.05, 4.69) is 5.32 Å². The second-order valence-electron chi connectivity index (χ2n) is 5.22. The van der Waals surface area contributed by atoms with Gasteiger partial charge in [0.2, 0.25) is 5.91 Å². The standard InChI is InChI=1S/C14H19NO4S/c16-11-14(8-4-9-14)15-13(17)7-10-20(18,19)12-5-2-1-3-6-12/h1-3,5-6,16H,4,7-11H2,(H,15,17). The zero-order valence-corrected chi connectivity index (χ0v) is 12.0. The molecule has 0 aromatic heterocycles. The monoisotopic (exact) mass is 297 g/mol. The van der Waals surface area contributed by atoms with Crippen LogP contribution in [-0.2, 0) is 14.6 Å². The maximum absolute atomic E-state index is 12.0. The highest BCUT2D eigenvalue weighted by Crippen LogP contribution is 2.31. The van der Waals surface area contributed by atoms with Gasteiger partial charge in [-0.25, -0.2) is 8.42 Å². The minimum Gasteiger partial charge on any atom is -0.394 e. The van der Waals surface area contributed by atoms with E-state index in [1.807, 2.05) is 0 Å². The molecule has 0 unspecified atom stereocenters. The smallest absolute Gasteiger partial charge is 0.221 e. The van der Waals surface area contributed by atoms with Gasteiger partial charge in [0.1, 0.15) is 0 Å². The second kappa shape index (κ2) is 5.93. The van der Waals surface area contributed by atoms with Crippen molar-refractivity contribution in [2.75, 3.05) is 12.4 Å². The average molecular weight is 297 g/mol. The molecule has 1 aromatic carbocycles. The van der Waals surface area contributed by atoms with Gasteiger partial charge in [0.05, 0.1) is 22.8 Å². The normalized spacial score (nSPS) is 17.2. The van der Waals surface area contributed by atoms with E-state index in [1.165, 1.54) is 12.1 Å². The first-order chi connectivity index (χ1) is 9.47. The third kappa shape index (κ3) is 3.37. The summed E-state index contributed by atoms with van der Waals surface area (Å²) in [6.07, 6.45) is 2.39. The van der Waals surface area contributed by atoms with E-state index in [4.69, 9.17) is 0 Å². The zero-order valence-electron chi connectivity index (χ0n) is 11.2. The second-order valence-corrected chi connectivity index (χ2v) is 7.33. The van der Waals surface area contributed by atoms with Gasteiger partial charge in [-0.05, 0) is 31.4 Å². The van der Waals surface area contributed by atoms with Crippen LogP contribution in [0.5, 0.6) is 0 Å². The van der Waals surface area contributed by atoms with Gasteiger partial charge < -0.3 is 10.4 Å². The molecule has 0 atom stereocenters. The molecule has 2 N–H and O–H groups in total. The van der Waals surface area contributed by atoms with Gasteiger partial charge in [0.25, 0.3) is 0 Å². The van der Waals surface area contributed by atoms with Gasteiger partial charge in [-0.2, -0.15) is 0 Å². The van der Waals surface area contributed by atoms with Crippen LogP contribution in [0.4, 0.5) is 0 Å². The molecule has 6 heteroatoms. The summed E-state index contributed by atoms with van der Waals surface area (Å²) >= 11 is 0. The van der Waals surface area contributed by atoms with Crippen LogP contribution in [0.2, 0.25) is 0 Å². The Hall–Kier alpha value is -1.40. The van der Waals surface area contributed by atoms with E-state index < -0.39 is 15.4 Å². The van der Waals surface area contributed by atoms with E-state index in [1.54, 1.807) is 18.2 Å². The zero-order chi connectivity index (χ0) is 14.6. The predicted molar refractivity (Wildman–Crippen MR) is 74.9 cm³/mol. The van der Waals surface area contributed by atoms with Crippen LogP contribution in [0, 0.1) is 0 Å². The number of carbonyl (C=O) groups is 1. The minimum atomic E-state index is -3.43. The van der Waals surface area contributed by atoms with Crippen molar-refractivity contribution in [3.63, 3.8) is 0 Å². The molecule has 1 amide bonds. The average Bonchev–Trinajstić information content (AvgIpc) is 2.42. The Morgan fingerprint density at radius 2 is 1.90 bits per heavy atom. The molecule has 1 aliphatic carbocycles. The van der Waals surface area contributed by atoms with Crippen LogP contribution in [0.1, 0.15) is 25.7 Å². The largest absolute Gasteiger partial charge is 0.394 e. The highest BCUT2D eigenvalue weighted by Gasteiger charge is 2.37. The van der Waals surface area contributed by atoms with E-state index in [9.17, 15) is 18.3 Å². The molecular formula is C14H19NO4S. The van der Waals surface area contributed by atoms with E-state index >= 15 is 0 Å². The lowest BCUT2D eigenvalue weighted by Gasteiger charge is -2.41. The molecule has 1 saturated carbocycles. The Labute approximate surface area is 118 Å². The number of sulfone groups is 1. The van der Waals surface area contributed by atoms with Crippen LogP contribution in [-0.4, -0.2) is 37.3 Å². The maximum atomic E-state index is 12.0. The highest BCUT2D eigenvalue weighted by atomic mass is 32.2. The number of rotatable bonds is 6. The molecule has 1 fully saturated rings. The molecule has 0 spiro atoms.